The first-order valence-corrected chi connectivity index (χ1v) is 7.57. The third-order valence-corrected chi connectivity index (χ3v) is 4.80. The van der Waals surface area contributed by atoms with E-state index in [-0.39, 0.29) is 11.8 Å². The summed E-state index contributed by atoms with van der Waals surface area (Å²) in [5.41, 5.74) is 8.83. The molecule has 0 amide bonds. The van der Waals surface area contributed by atoms with E-state index in [1.54, 1.807) is 0 Å². The fourth-order valence-corrected chi connectivity index (χ4v) is 3.25. The molecule has 1 aliphatic rings. The van der Waals surface area contributed by atoms with Crippen LogP contribution in [0.25, 0.3) is 11.1 Å². The lowest BCUT2D eigenvalue weighted by Gasteiger charge is -2.27. The van der Waals surface area contributed by atoms with Gasteiger partial charge in [-0.05, 0) is 24.0 Å². The lowest BCUT2D eigenvalue weighted by molar-refractivity contribution is 0.0802. The molecule has 2 nitrogen and oxygen atoms in total. The molecule has 0 heterocycles. The van der Waals surface area contributed by atoms with Gasteiger partial charge in [0.25, 0.3) is 0 Å². The Kier molecular flexibility index (Phi) is 3.64. The van der Waals surface area contributed by atoms with E-state index in [2.05, 4.69) is 12.1 Å². The van der Waals surface area contributed by atoms with Crippen LogP contribution >= 0.6 is 0 Å². The predicted octanol–water partition coefficient (Wildman–Crippen LogP) is 4.05. The zero-order valence-corrected chi connectivity index (χ0v) is 12.4. The Hall–Kier alpha value is -1.93. The highest BCUT2D eigenvalue weighted by Gasteiger charge is 2.42. The molecule has 2 N–H and O–H groups in total. The van der Waals surface area contributed by atoms with E-state index < -0.39 is 5.41 Å². The molecule has 2 atom stereocenters. The largest absolute Gasteiger partial charge is 0.327 e. The van der Waals surface area contributed by atoms with E-state index in [0.29, 0.717) is 0 Å². The van der Waals surface area contributed by atoms with Crippen molar-refractivity contribution in [2.24, 2.45) is 11.1 Å². The van der Waals surface area contributed by atoms with Gasteiger partial charge >= 0.3 is 0 Å². The minimum atomic E-state index is -0.395. The molecule has 2 heteroatoms. The summed E-state index contributed by atoms with van der Waals surface area (Å²) in [5, 5.41) is 0. The van der Waals surface area contributed by atoms with Crippen LogP contribution in [0.3, 0.4) is 0 Å². The third-order valence-electron chi connectivity index (χ3n) is 4.80. The molecule has 1 aliphatic carbocycles. The van der Waals surface area contributed by atoms with Crippen LogP contribution in [-0.2, 0) is 0 Å². The maximum Gasteiger partial charge on any atom is 0.170 e. The summed E-state index contributed by atoms with van der Waals surface area (Å²) in [5.74, 6) is 0.187. The van der Waals surface area contributed by atoms with Crippen LogP contribution in [0.15, 0.2) is 54.6 Å². The molecule has 0 radical (unpaired) electrons. The Labute approximate surface area is 126 Å². The van der Waals surface area contributed by atoms with Crippen molar-refractivity contribution in [1.82, 2.24) is 0 Å². The summed E-state index contributed by atoms with van der Waals surface area (Å²) in [6, 6.07) is 18.1. The highest BCUT2D eigenvalue weighted by Crippen LogP contribution is 2.39. The molecule has 2 unspecified atom stereocenters. The summed E-state index contributed by atoms with van der Waals surface area (Å²) in [4.78, 5) is 12.7. The van der Waals surface area contributed by atoms with E-state index in [4.69, 9.17) is 5.73 Å². The zero-order valence-electron chi connectivity index (χ0n) is 12.4. The van der Waals surface area contributed by atoms with Gasteiger partial charge in [-0.2, -0.15) is 0 Å². The van der Waals surface area contributed by atoms with Gasteiger partial charge < -0.3 is 5.73 Å². The first-order valence-electron chi connectivity index (χ1n) is 7.57. The number of hydrogen-bond donors (Lipinski definition) is 1. The summed E-state index contributed by atoms with van der Waals surface area (Å²) < 4.78 is 0. The van der Waals surface area contributed by atoms with Crippen LogP contribution < -0.4 is 5.73 Å². The van der Waals surface area contributed by atoms with Crippen LogP contribution in [0.4, 0.5) is 0 Å². The van der Waals surface area contributed by atoms with E-state index in [1.807, 2.05) is 49.4 Å². The van der Waals surface area contributed by atoms with Crippen molar-refractivity contribution < 1.29 is 4.79 Å². The van der Waals surface area contributed by atoms with Gasteiger partial charge in [0.15, 0.2) is 5.78 Å². The van der Waals surface area contributed by atoms with Crippen LogP contribution in [0, 0.1) is 5.41 Å². The van der Waals surface area contributed by atoms with Crippen molar-refractivity contribution in [2.45, 2.75) is 32.2 Å². The number of Topliss-reactive ketones (excluding diaryl/α,β-unsaturated/α-hetero) is 1. The van der Waals surface area contributed by atoms with Crippen LogP contribution in [0.2, 0.25) is 0 Å². The van der Waals surface area contributed by atoms with Crippen LogP contribution in [-0.4, -0.2) is 11.8 Å². The van der Waals surface area contributed by atoms with Gasteiger partial charge in [-0.15, -0.1) is 0 Å². The molecule has 1 fully saturated rings. The van der Waals surface area contributed by atoms with Crippen molar-refractivity contribution in [3.8, 4) is 11.1 Å². The van der Waals surface area contributed by atoms with Crippen molar-refractivity contribution in [2.75, 3.05) is 0 Å². The molecule has 0 aliphatic heterocycles. The van der Waals surface area contributed by atoms with Crippen LogP contribution in [0.1, 0.15) is 36.5 Å². The second kappa shape index (κ2) is 5.45. The Bertz CT molecular complexity index is 632. The average molecular weight is 279 g/mol. The average Bonchev–Trinajstić information content (AvgIpc) is 2.88. The summed E-state index contributed by atoms with van der Waals surface area (Å²) in [7, 11) is 0. The minimum Gasteiger partial charge on any atom is -0.327 e. The fraction of sp³-hybridized carbons (Fsp3) is 0.316. The van der Waals surface area contributed by atoms with Crippen molar-refractivity contribution in [3.05, 3.63) is 60.2 Å². The molecule has 108 valence electrons. The van der Waals surface area contributed by atoms with Gasteiger partial charge in [0.1, 0.15) is 0 Å². The number of nitrogens with two attached hydrogens (primary N) is 1. The maximum absolute atomic E-state index is 12.7. The normalized spacial score (nSPS) is 25.0. The van der Waals surface area contributed by atoms with E-state index in [9.17, 15) is 4.79 Å². The third kappa shape index (κ3) is 2.52. The van der Waals surface area contributed by atoms with E-state index in [0.717, 1.165) is 30.4 Å². The summed E-state index contributed by atoms with van der Waals surface area (Å²) in [6.07, 6.45) is 2.89. The lowest BCUT2D eigenvalue weighted by Crippen LogP contribution is -2.41. The molecule has 21 heavy (non-hydrogen) atoms. The van der Waals surface area contributed by atoms with Crippen LogP contribution in [0.5, 0.6) is 0 Å². The summed E-state index contributed by atoms with van der Waals surface area (Å²) in [6.45, 7) is 2.01. The van der Waals surface area contributed by atoms with E-state index >= 15 is 0 Å². The Morgan fingerprint density at radius 3 is 2.24 bits per heavy atom. The molecule has 2 aromatic carbocycles. The van der Waals surface area contributed by atoms with Gasteiger partial charge in [0.05, 0.1) is 0 Å². The molecule has 1 saturated carbocycles. The highest BCUT2D eigenvalue weighted by molar-refractivity contribution is 6.01. The number of carbonyl (C=O) groups excluding carboxylic acids is 1. The van der Waals surface area contributed by atoms with Crippen molar-refractivity contribution >= 4 is 5.78 Å². The number of rotatable bonds is 3. The first kappa shape index (κ1) is 14.0. The second-order valence-electron chi connectivity index (χ2n) is 6.19. The Morgan fingerprint density at radius 1 is 1.05 bits per heavy atom. The van der Waals surface area contributed by atoms with E-state index in [1.165, 1.54) is 5.56 Å². The number of benzene rings is 2. The first-order chi connectivity index (χ1) is 10.1. The SMILES string of the molecule is CC1(C(=O)c2ccc(-c3ccccc3)cc2)CCCC1N. The number of ketones is 1. The topological polar surface area (TPSA) is 43.1 Å². The summed E-state index contributed by atoms with van der Waals surface area (Å²) >= 11 is 0. The Balaban J connectivity index is 1.86. The van der Waals surface area contributed by atoms with Gasteiger partial charge in [-0.25, -0.2) is 0 Å². The molecular weight excluding hydrogens is 258 g/mol. The minimum absolute atomic E-state index is 0.0150. The highest BCUT2D eigenvalue weighted by atomic mass is 16.1. The zero-order chi connectivity index (χ0) is 14.9. The standard InChI is InChI=1S/C19H21NO/c1-19(13-5-8-17(19)20)18(21)16-11-9-15(10-12-16)14-6-3-2-4-7-14/h2-4,6-7,9-12,17H,5,8,13,20H2,1H3. The maximum atomic E-state index is 12.7. The Morgan fingerprint density at radius 2 is 1.67 bits per heavy atom. The smallest absolute Gasteiger partial charge is 0.170 e. The van der Waals surface area contributed by atoms with Gasteiger partial charge in [0.2, 0.25) is 0 Å². The molecule has 2 aromatic rings. The number of carbonyl (C=O) groups is 1. The second-order valence-corrected chi connectivity index (χ2v) is 6.19. The molecule has 3 rings (SSSR count). The number of hydrogen-bond acceptors (Lipinski definition) is 2. The fourth-order valence-electron chi connectivity index (χ4n) is 3.25. The van der Waals surface area contributed by atoms with Gasteiger partial charge in [-0.3, -0.25) is 4.79 Å². The molecule has 0 bridgehead atoms. The lowest BCUT2D eigenvalue weighted by atomic mass is 9.78. The predicted molar refractivity (Wildman–Crippen MR) is 86.1 cm³/mol. The molecule has 0 saturated heterocycles. The van der Waals surface area contributed by atoms with Gasteiger partial charge in [-0.1, -0.05) is 67.9 Å². The van der Waals surface area contributed by atoms with Crippen molar-refractivity contribution in [3.63, 3.8) is 0 Å². The molecular formula is C19H21NO. The molecule has 0 spiro atoms. The van der Waals surface area contributed by atoms with Gasteiger partial charge in [0, 0.05) is 17.0 Å². The molecule has 0 aromatic heterocycles. The quantitative estimate of drug-likeness (QED) is 0.861. The monoisotopic (exact) mass is 279 g/mol. The van der Waals surface area contributed by atoms with Crippen molar-refractivity contribution in [1.29, 1.82) is 0 Å².